The summed E-state index contributed by atoms with van der Waals surface area (Å²) in [5, 5.41) is 25.5. The van der Waals surface area contributed by atoms with Crippen LogP contribution in [0, 0.1) is 13.5 Å². The Balaban J connectivity index is 1.69. The number of rotatable bonds is 4. The zero-order valence-electron chi connectivity index (χ0n) is 19.0. The van der Waals surface area contributed by atoms with E-state index in [1.165, 1.54) is 17.3 Å². The van der Waals surface area contributed by atoms with E-state index >= 15 is 0 Å². The largest absolute Gasteiger partial charge is 0.292 e. The Morgan fingerprint density at radius 1 is 1.03 bits per heavy atom. The zero-order valence-corrected chi connectivity index (χ0v) is 19.0. The molecule has 4 heterocycles. The summed E-state index contributed by atoms with van der Waals surface area (Å²) in [5.74, 6) is 1.13. The van der Waals surface area contributed by atoms with Crippen molar-refractivity contribution in [3.05, 3.63) is 65.8 Å². The molecule has 0 aliphatic heterocycles. The smallest absolute Gasteiger partial charge is 0.255 e. The molecule has 0 spiro atoms. The number of benzene rings is 1. The highest BCUT2D eigenvalue weighted by atomic mass is 15.4. The van der Waals surface area contributed by atoms with Gasteiger partial charge in [-0.25, -0.2) is 14.3 Å². The van der Waals surface area contributed by atoms with Gasteiger partial charge >= 0.3 is 0 Å². The highest BCUT2D eigenvalue weighted by molar-refractivity contribution is 5.72. The maximum atomic E-state index is 7.61. The van der Waals surface area contributed by atoms with Gasteiger partial charge in [-0.2, -0.15) is 19.7 Å². The molecule has 0 saturated carbocycles. The average molecular weight is 452 g/mol. The number of hydrogen-bond donors (Lipinski definition) is 1. The van der Waals surface area contributed by atoms with Crippen LogP contribution in [0.4, 0.5) is 17.2 Å². The molecule has 0 aliphatic carbocycles. The van der Waals surface area contributed by atoms with E-state index in [4.69, 9.17) is 6.57 Å². The van der Waals surface area contributed by atoms with Crippen LogP contribution in [0.15, 0.2) is 53.2 Å². The Kier molecular flexibility index (Phi) is 4.94. The topological polar surface area (TPSA) is 132 Å². The molecular weight excluding hydrogens is 432 g/mol. The number of nitrogens with one attached hydrogen (secondary N) is 1. The van der Waals surface area contributed by atoms with Crippen molar-refractivity contribution < 1.29 is 0 Å². The van der Waals surface area contributed by atoms with Gasteiger partial charge in [0.05, 0.1) is 18.0 Å². The SMILES string of the molecule is [C-]#[N+]c1c(C)nn(-c2ncncn2)c1N=Nc1c(C(C)(C)C)[nH]n2c(-c3ccccc3)nnc12. The van der Waals surface area contributed by atoms with E-state index in [1.54, 1.807) is 11.4 Å². The summed E-state index contributed by atoms with van der Waals surface area (Å²) >= 11 is 0. The normalized spacial score (nSPS) is 12.0. The number of fused-ring (bicyclic) bond motifs is 1. The summed E-state index contributed by atoms with van der Waals surface area (Å²) in [6, 6.07) is 9.77. The first kappa shape index (κ1) is 21.1. The third-order valence-electron chi connectivity index (χ3n) is 5.15. The Morgan fingerprint density at radius 2 is 1.76 bits per heavy atom. The Bertz CT molecular complexity index is 1540. The minimum Gasteiger partial charge on any atom is -0.292 e. The van der Waals surface area contributed by atoms with Crippen LogP contribution in [-0.2, 0) is 5.41 Å². The fraction of sp³-hybridized carbons (Fsp3) is 0.227. The van der Waals surface area contributed by atoms with E-state index in [0.717, 1.165) is 11.3 Å². The summed E-state index contributed by atoms with van der Waals surface area (Å²) < 4.78 is 3.18. The third-order valence-corrected chi connectivity index (χ3v) is 5.15. The Hall–Kier alpha value is -4.79. The molecule has 34 heavy (non-hydrogen) atoms. The summed E-state index contributed by atoms with van der Waals surface area (Å²) in [5.41, 5.74) is 3.26. The van der Waals surface area contributed by atoms with Gasteiger partial charge in [-0.3, -0.25) is 5.10 Å². The standard InChI is InChI=1S/C22H20N12/c1-13-15(23-5)19(34(31-13)21-25-11-24-12-26-21)29-27-16-17(22(2,3)4)32-33-18(28-30-20(16)33)14-9-7-6-8-10-14/h6-12,32H,1-4H3. The number of aromatic amines is 1. The number of hydrogen-bond acceptors (Lipinski definition) is 8. The Labute approximate surface area is 194 Å². The summed E-state index contributed by atoms with van der Waals surface area (Å²) in [7, 11) is 0. The summed E-state index contributed by atoms with van der Waals surface area (Å²) in [6.07, 6.45) is 2.71. The lowest BCUT2D eigenvalue weighted by Crippen LogP contribution is -2.12. The second-order valence-corrected chi connectivity index (χ2v) is 8.55. The Morgan fingerprint density at radius 3 is 2.44 bits per heavy atom. The first-order chi connectivity index (χ1) is 16.4. The van der Waals surface area contributed by atoms with Gasteiger partial charge in [0.2, 0.25) is 5.65 Å². The van der Waals surface area contributed by atoms with Gasteiger partial charge in [-0.05, 0) is 6.92 Å². The van der Waals surface area contributed by atoms with Crippen molar-refractivity contribution in [2.45, 2.75) is 33.1 Å². The number of nitrogens with zero attached hydrogens (tertiary/aromatic N) is 11. The lowest BCUT2D eigenvalue weighted by atomic mass is 9.91. The van der Waals surface area contributed by atoms with Crippen LogP contribution in [0.3, 0.4) is 0 Å². The lowest BCUT2D eigenvalue weighted by molar-refractivity contribution is 0.563. The molecule has 0 saturated heterocycles. The molecule has 1 aromatic carbocycles. The van der Waals surface area contributed by atoms with Crippen molar-refractivity contribution in [2.24, 2.45) is 10.2 Å². The maximum absolute atomic E-state index is 7.61. The zero-order chi connectivity index (χ0) is 23.9. The molecule has 168 valence electrons. The molecule has 1 N–H and O–H groups in total. The van der Waals surface area contributed by atoms with Crippen LogP contribution in [-0.4, -0.2) is 44.5 Å². The van der Waals surface area contributed by atoms with Gasteiger partial charge in [0.15, 0.2) is 17.3 Å². The van der Waals surface area contributed by atoms with E-state index in [9.17, 15) is 0 Å². The fourth-order valence-corrected chi connectivity index (χ4v) is 3.52. The molecule has 0 amide bonds. The van der Waals surface area contributed by atoms with Crippen LogP contribution in [0.2, 0.25) is 0 Å². The number of azo groups is 1. The average Bonchev–Trinajstić information content (AvgIpc) is 3.50. The van der Waals surface area contributed by atoms with Gasteiger partial charge in [-0.15, -0.1) is 20.4 Å². The van der Waals surface area contributed by atoms with Gasteiger partial charge in [0, 0.05) is 11.0 Å². The van der Waals surface area contributed by atoms with Crippen LogP contribution in [0.1, 0.15) is 32.2 Å². The van der Waals surface area contributed by atoms with Crippen molar-refractivity contribution in [3.8, 4) is 17.3 Å². The minimum atomic E-state index is -0.296. The van der Waals surface area contributed by atoms with Crippen molar-refractivity contribution in [1.29, 1.82) is 0 Å². The first-order valence-electron chi connectivity index (χ1n) is 10.4. The van der Waals surface area contributed by atoms with Crippen molar-refractivity contribution in [1.82, 2.24) is 44.5 Å². The molecule has 0 fully saturated rings. The predicted molar refractivity (Wildman–Crippen MR) is 124 cm³/mol. The second kappa shape index (κ2) is 7.96. The van der Waals surface area contributed by atoms with Crippen LogP contribution in [0.25, 0.3) is 27.8 Å². The molecule has 12 nitrogen and oxygen atoms in total. The molecule has 0 radical (unpaired) electrons. The number of aromatic nitrogens is 9. The molecule has 0 atom stereocenters. The van der Waals surface area contributed by atoms with E-state index in [2.05, 4.69) is 71.2 Å². The molecule has 4 aromatic heterocycles. The van der Waals surface area contributed by atoms with E-state index in [0.29, 0.717) is 22.9 Å². The molecular formula is C22H20N12. The van der Waals surface area contributed by atoms with E-state index in [-0.39, 0.29) is 22.9 Å². The lowest BCUT2D eigenvalue weighted by Gasteiger charge is -2.16. The molecule has 12 heteroatoms. The monoisotopic (exact) mass is 452 g/mol. The quantitative estimate of drug-likeness (QED) is 0.311. The van der Waals surface area contributed by atoms with Crippen LogP contribution < -0.4 is 0 Å². The molecule has 0 unspecified atom stereocenters. The van der Waals surface area contributed by atoms with Gasteiger partial charge in [-0.1, -0.05) is 51.1 Å². The van der Waals surface area contributed by atoms with E-state index < -0.39 is 0 Å². The van der Waals surface area contributed by atoms with Crippen molar-refractivity contribution >= 4 is 22.8 Å². The number of aryl methyl sites for hydroxylation is 1. The first-order valence-corrected chi connectivity index (χ1v) is 10.4. The van der Waals surface area contributed by atoms with Crippen LogP contribution >= 0.6 is 0 Å². The van der Waals surface area contributed by atoms with Gasteiger partial charge in [0.1, 0.15) is 12.7 Å². The molecule has 5 rings (SSSR count). The van der Waals surface area contributed by atoms with Gasteiger partial charge < -0.3 is 0 Å². The number of H-pyrrole nitrogens is 1. The highest BCUT2D eigenvalue weighted by Gasteiger charge is 2.27. The summed E-state index contributed by atoms with van der Waals surface area (Å²) in [6.45, 7) is 15.5. The van der Waals surface area contributed by atoms with Crippen LogP contribution in [0.5, 0.6) is 0 Å². The molecule has 0 aliphatic rings. The highest BCUT2D eigenvalue weighted by Crippen LogP contribution is 2.38. The summed E-state index contributed by atoms with van der Waals surface area (Å²) in [4.78, 5) is 15.7. The second-order valence-electron chi connectivity index (χ2n) is 8.55. The fourth-order valence-electron chi connectivity index (χ4n) is 3.52. The van der Waals surface area contributed by atoms with Crippen molar-refractivity contribution in [2.75, 3.05) is 0 Å². The predicted octanol–water partition coefficient (Wildman–Crippen LogP) is 4.67. The van der Waals surface area contributed by atoms with E-state index in [1.807, 2.05) is 30.3 Å². The van der Waals surface area contributed by atoms with Crippen molar-refractivity contribution in [3.63, 3.8) is 0 Å². The van der Waals surface area contributed by atoms with Gasteiger partial charge in [0.25, 0.3) is 11.6 Å². The third kappa shape index (κ3) is 3.49. The minimum absolute atomic E-state index is 0.223. The maximum Gasteiger partial charge on any atom is 0.255 e. The molecule has 5 aromatic rings. The molecule has 0 bridgehead atoms.